The quantitative estimate of drug-likeness (QED) is 0.509. The molecular formula is C30H31FN6O2. The van der Waals surface area contributed by atoms with Crippen molar-refractivity contribution in [3.63, 3.8) is 0 Å². The zero-order chi connectivity index (χ0) is 27.2. The molecule has 2 amide bonds. The molecule has 200 valence electrons. The molecule has 9 heteroatoms. The highest BCUT2D eigenvalue weighted by molar-refractivity contribution is 5.96. The third-order valence-corrected chi connectivity index (χ3v) is 7.32. The summed E-state index contributed by atoms with van der Waals surface area (Å²) in [6, 6.07) is 19.5. The van der Waals surface area contributed by atoms with E-state index in [1.165, 1.54) is 18.3 Å². The average molecular weight is 527 g/mol. The van der Waals surface area contributed by atoms with Gasteiger partial charge in [0.05, 0.1) is 17.2 Å². The van der Waals surface area contributed by atoms with E-state index in [2.05, 4.69) is 26.2 Å². The third kappa shape index (κ3) is 6.85. The predicted molar refractivity (Wildman–Crippen MR) is 144 cm³/mol. The molecule has 2 aliphatic rings. The SMILES string of the molecule is N#Cc1ccc(CN2CCC(NC(=O)c3ccc(C(=O)N4CCN(Cc5ccc(F)cc5)CC4)cn3)C2)cc1. The highest BCUT2D eigenvalue weighted by Gasteiger charge is 2.26. The van der Waals surface area contributed by atoms with Crippen molar-refractivity contribution in [1.82, 2.24) is 25.0 Å². The average Bonchev–Trinajstić information content (AvgIpc) is 3.41. The molecule has 0 spiro atoms. The Morgan fingerprint density at radius 1 is 0.897 bits per heavy atom. The lowest BCUT2D eigenvalue weighted by molar-refractivity contribution is 0.0627. The smallest absolute Gasteiger partial charge is 0.270 e. The van der Waals surface area contributed by atoms with Gasteiger partial charge in [-0.1, -0.05) is 24.3 Å². The lowest BCUT2D eigenvalue weighted by Crippen LogP contribution is -2.48. The topological polar surface area (TPSA) is 92.6 Å². The Morgan fingerprint density at radius 2 is 1.56 bits per heavy atom. The van der Waals surface area contributed by atoms with Gasteiger partial charge in [0.2, 0.25) is 0 Å². The van der Waals surface area contributed by atoms with Crippen LogP contribution < -0.4 is 5.32 Å². The van der Waals surface area contributed by atoms with E-state index in [4.69, 9.17) is 5.26 Å². The first-order valence-corrected chi connectivity index (χ1v) is 13.2. The Balaban J connectivity index is 1.07. The van der Waals surface area contributed by atoms with Crippen molar-refractivity contribution in [2.45, 2.75) is 25.6 Å². The molecule has 1 atom stereocenters. The lowest BCUT2D eigenvalue weighted by Gasteiger charge is -2.34. The van der Waals surface area contributed by atoms with Gasteiger partial charge >= 0.3 is 0 Å². The van der Waals surface area contributed by atoms with Crippen LogP contribution in [0.2, 0.25) is 0 Å². The zero-order valence-electron chi connectivity index (χ0n) is 21.7. The monoisotopic (exact) mass is 526 g/mol. The summed E-state index contributed by atoms with van der Waals surface area (Å²) in [5, 5.41) is 12.0. The van der Waals surface area contributed by atoms with Crippen LogP contribution in [-0.4, -0.2) is 76.8 Å². The number of nitriles is 1. The van der Waals surface area contributed by atoms with Gasteiger partial charge in [-0.2, -0.15) is 5.26 Å². The molecule has 2 fully saturated rings. The summed E-state index contributed by atoms with van der Waals surface area (Å²) < 4.78 is 13.1. The number of rotatable bonds is 7. The second-order valence-electron chi connectivity index (χ2n) is 10.1. The summed E-state index contributed by atoms with van der Waals surface area (Å²) in [6.45, 7) is 5.79. The largest absolute Gasteiger partial charge is 0.347 e. The van der Waals surface area contributed by atoms with E-state index in [1.807, 2.05) is 24.3 Å². The number of nitrogens with zero attached hydrogens (tertiary/aromatic N) is 5. The third-order valence-electron chi connectivity index (χ3n) is 7.32. The summed E-state index contributed by atoms with van der Waals surface area (Å²) >= 11 is 0. The van der Waals surface area contributed by atoms with Crippen molar-refractivity contribution >= 4 is 11.8 Å². The van der Waals surface area contributed by atoms with Gasteiger partial charge in [0.25, 0.3) is 11.8 Å². The van der Waals surface area contributed by atoms with Crippen LogP contribution in [-0.2, 0) is 13.1 Å². The van der Waals surface area contributed by atoms with Crippen LogP contribution in [0, 0.1) is 17.1 Å². The van der Waals surface area contributed by atoms with E-state index in [-0.39, 0.29) is 23.7 Å². The molecule has 0 aliphatic carbocycles. The molecule has 0 radical (unpaired) electrons. The maximum absolute atomic E-state index is 13.1. The summed E-state index contributed by atoms with van der Waals surface area (Å²) in [7, 11) is 0. The number of aromatic nitrogens is 1. The van der Waals surface area contributed by atoms with Gasteiger partial charge in [-0.3, -0.25) is 24.4 Å². The molecule has 39 heavy (non-hydrogen) atoms. The van der Waals surface area contributed by atoms with E-state index < -0.39 is 0 Å². The maximum Gasteiger partial charge on any atom is 0.270 e. The van der Waals surface area contributed by atoms with Crippen molar-refractivity contribution in [1.29, 1.82) is 5.26 Å². The van der Waals surface area contributed by atoms with Gasteiger partial charge in [0, 0.05) is 64.6 Å². The minimum Gasteiger partial charge on any atom is -0.347 e. The van der Waals surface area contributed by atoms with Crippen molar-refractivity contribution in [2.24, 2.45) is 0 Å². The van der Waals surface area contributed by atoms with E-state index in [1.54, 1.807) is 29.2 Å². The Kier molecular flexibility index (Phi) is 8.25. The maximum atomic E-state index is 13.1. The summed E-state index contributed by atoms with van der Waals surface area (Å²) in [4.78, 5) is 36.4. The van der Waals surface area contributed by atoms with Crippen LogP contribution in [0.25, 0.3) is 0 Å². The molecule has 0 bridgehead atoms. The fourth-order valence-corrected chi connectivity index (χ4v) is 5.09. The fraction of sp³-hybridized carbons (Fsp3) is 0.333. The zero-order valence-corrected chi connectivity index (χ0v) is 21.7. The van der Waals surface area contributed by atoms with Gasteiger partial charge in [0.1, 0.15) is 11.5 Å². The second-order valence-corrected chi connectivity index (χ2v) is 10.1. The van der Waals surface area contributed by atoms with Gasteiger partial charge in [-0.05, 0) is 53.9 Å². The van der Waals surface area contributed by atoms with Crippen molar-refractivity contribution in [2.75, 3.05) is 39.3 Å². The van der Waals surface area contributed by atoms with Gasteiger partial charge < -0.3 is 10.2 Å². The van der Waals surface area contributed by atoms with Crippen molar-refractivity contribution in [3.8, 4) is 6.07 Å². The summed E-state index contributed by atoms with van der Waals surface area (Å²) in [6.07, 6.45) is 2.33. The van der Waals surface area contributed by atoms with Crippen LogP contribution in [0.4, 0.5) is 4.39 Å². The van der Waals surface area contributed by atoms with Gasteiger partial charge in [0.15, 0.2) is 0 Å². The number of hydrogen-bond acceptors (Lipinski definition) is 6. The number of carbonyl (C=O) groups is 2. The molecule has 2 aromatic carbocycles. The molecule has 1 N–H and O–H groups in total. The Labute approximate surface area is 227 Å². The Hall–Kier alpha value is -4.13. The molecule has 3 heterocycles. The molecule has 1 aromatic heterocycles. The standard InChI is InChI=1S/C30H31FN6O2/c31-26-8-5-24(6-9-26)19-35-13-15-37(16-14-35)30(39)25-7-10-28(33-18-25)29(38)34-27-11-12-36(21-27)20-23-3-1-22(17-32)2-4-23/h1-10,18,27H,11-16,19-21H2,(H,34,38). The lowest BCUT2D eigenvalue weighted by atomic mass is 10.1. The number of amides is 2. The number of halogens is 1. The number of nitrogens with one attached hydrogen (secondary N) is 1. The summed E-state index contributed by atoms with van der Waals surface area (Å²) in [5.41, 5.74) is 3.59. The molecule has 1 unspecified atom stereocenters. The molecular weight excluding hydrogens is 495 g/mol. The van der Waals surface area contributed by atoms with Gasteiger partial charge in [-0.25, -0.2) is 4.39 Å². The van der Waals surface area contributed by atoms with E-state index >= 15 is 0 Å². The van der Waals surface area contributed by atoms with Crippen LogP contribution in [0.3, 0.4) is 0 Å². The number of hydrogen-bond donors (Lipinski definition) is 1. The minimum absolute atomic E-state index is 0.0326. The molecule has 5 rings (SSSR count). The minimum atomic E-state index is -0.243. The van der Waals surface area contributed by atoms with Crippen molar-refractivity contribution in [3.05, 3.63) is 101 Å². The Bertz CT molecular complexity index is 1330. The first kappa shape index (κ1) is 26.5. The van der Waals surface area contributed by atoms with Crippen LogP contribution in [0.1, 0.15) is 44.0 Å². The number of benzene rings is 2. The van der Waals surface area contributed by atoms with E-state index in [0.29, 0.717) is 29.9 Å². The Morgan fingerprint density at radius 3 is 2.21 bits per heavy atom. The number of likely N-dealkylation sites (tertiary alicyclic amines) is 1. The van der Waals surface area contributed by atoms with Crippen LogP contribution in [0.5, 0.6) is 0 Å². The molecule has 2 saturated heterocycles. The molecule has 0 saturated carbocycles. The molecule has 8 nitrogen and oxygen atoms in total. The van der Waals surface area contributed by atoms with Gasteiger partial charge in [-0.15, -0.1) is 0 Å². The second kappa shape index (κ2) is 12.2. The normalized spacial score (nSPS) is 18.1. The highest BCUT2D eigenvalue weighted by atomic mass is 19.1. The van der Waals surface area contributed by atoms with Crippen LogP contribution >= 0.6 is 0 Å². The van der Waals surface area contributed by atoms with E-state index in [0.717, 1.165) is 56.8 Å². The fourth-order valence-electron chi connectivity index (χ4n) is 5.09. The first-order valence-electron chi connectivity index (χ1n) is 13.2. The first-order chi connectivity index (χ1) is 19.0. The summed E-state index contributed by atoms with van der Waals surface area (Å²) in [5.74, 6) is -0.577. The molecule has 2 aliphatic heterocycles. The van der Waals surface area contributed by atoms with Crippen LogP contribution in [0.15, 0.2) is 66.9 Å². The van der Waals surface area contributed by atoms with Crippen molar-refractivity contribution < 1.29 is 14.0 Å². The highest BCUT2D eigenvalue weighted by Crippen LogP contribution is 2.16. The number of piperazine rings is 1. The number of pyridine rings is 1. The van der Waals surface area contributed by atoms with E-state index in [9.17, 15) is 14.0 Å². The number of carbonyl (C=O) groups excluding carboxylic acids is 2. The molecule has 3 aromatic rings. The predicted octanol–water partition coefficient (Wildman–Crippen LogP) is 3.05.